The van der Waals surface area contributed by atoms with Gasteiger partial charge in [-0.25, -0.2) is 22.0 Å². The molecule has 0 fully saturated rings. The normalized spacial score (nSPS) is 11.1. The largest absolute Gasteiger partial charge is 0.207 e. The number of hydrogen-bond acceptors (Lipinski definition) is 0. The summed E-state index contributed by atoms with van der Waals surface area (Å²) in [6.45, 7) is 3.17. The second kappa shape index (κ2) is 7.99. The third-order valence-electron chi connectivity index (χ3n) is 5.28. The van der Waals surface area contributed by atoms with Crippen LogP contribution in [0, 0.1) is 42.9 Å². The first kappa shape index (κ1) is 20.8. The van der Waals surface area contributed by atoms with E-state index < -0.39 is 34.6 Å². The van der Waals surface area contributed by atoms with Crippen molar-refractivity contribution in [1.29, 1.82) is 0 Å². The highest BCUT2D eigenvalue weighted by Crippen LogP contribution is 2.34. The van der Waals surface area contributed by atoms with Gasteiger partial charge in [0.2, 0.25) is 0 Å². The van der Waals surface area contributed by atoms with Crippen LogP contribution in [0.1, 0.15) is 11.1 Å². The fourth-order valence-corrected chi connectivity index (χ4v) is 3.47. The molecule has 0 aliphatic carbocycles. The van der Waals surface area contributed by atoms with Crippen LogP contribution in [0.25, 0.3) is 33.4 Å². The van der Waals surface area contributed by atoms with E-state index in [0.29, 0.717) is 5.56 Å². The molecule has 31 heavy (non-hydrogen) atoms. The van der Waals surface area contributed by atoms with Crippen molar-refractivity contribution in [2.75, 3.05) is 0 Å². The van der Waals surface area contributed by atoms with Crippen molar-refractivity contribution < 1.29 is 22.0 Å². The zero-order valence-electron chi connectivity index (χ0n) is 16.7. The summed E-state index contributed by atoms with van der Waals surface area (Å²) >= 11 is 0. The smallest absolute Gasteiger partial charge is 0.134 e. The molecular weight excluding hydrogens is 407 g/mol. The lowest BCUT2D eigenvalue weighted by Gasteiger charge is -2.12. The molecule has 4 aromatic rings. The highest BCUT2D eigenvalue weighted by molar-refractivity contribution is 5.74. The van der Waals surface area contributed by atoms with Gasteiger partial charge in [-0.3, -0.25) is 0 Å². The summed E-state index contributed by atoms with van der Waals surface area (Å²) in [4.78, 5) is 0. The number of hydrogen-bond donors (Lipinski definition) is 0. The lowest BCUT2D eigenvalue weighted by atomic mass is 9.96. The molecule has 0 aliphatic heterocycles. The van der Waals surface area contributed by atoms with Gasteiger partial charge in [-0.2, -0.15) is 0 Å². The topological polar surface area (TPSA) is 0 Å². The van der Waals surface area contributed by atoms with Gasteiger partial charge in [0.15, 0.2) is 0 Å². The first-order valence-electron chi connectivity index (χ1n) is 9.56. The standard InChI is InChI=1S/C26H17F5/c1-14-3-5-16(6-4-14)17-7-8-20(23(29)9-17)18-10-24(30)26(25(31)11-18)19-12-21(27)15(2)22(28)13-19/h3-13H,1-2H3. The third-order valence-corrected chi connectivity index (χ3v) is 5.28. The molecule has 0 aliphatic rings. The van der Waals surface area contributed by atoms with Crippen molar-refractivity contribution in [3.8, 4) is 33.4 Å². The summed E-state index contributed by atoms with van der Waals surface area (Å²) in [7, 11) is 0. The minimum Gasteiger partial charge on any atom is -0.207 e. The lowest BCUT2D eigenvalue weighted by molar-refractivity contribution is 0.566. The maximum atomic E-state index is 14.8. The molecule has 0 spiro atoms. The van der Waals surface area contributed by atoms with Crippen molar-refractivity contribution in [2.45, 2.75) is 13.8 Å². The number of halogens is 5. The van der Waals surface area contributed by atoms with Gasteiger partial charge in [0.1, 0.15) is 29.1 Å². The molecule has 0 heterocycles. The Kier molecular flexibility index (Phi) is 5.36. The summed E-state index contributed by atoms with van der Waals surface area (Å²) in [5, 5.41) is 0. The fourth-order valence-electron chi connectivity index (χ4n) is 3.47. The molecule has 0 unspecified atom stereocenters. The Labute approximate surface area is 176 Å². The molecule has 0 bridgehead atoms. The molecule has 0 atom stereocenters. The van der Waals surface area contributed by atoms with Crippen LogP contribution in [0.15, 0.2) is 66.7 Å². The first-order valence-corrected chi connectivity index (χ1v) is 9.56. The van der Waals surface area contributed by atoms with Crippen LogP contribution in [0.5, 0.6) is 0 Å². The van der Waals surface area contributed by atoms with Crippen LogP contribution in [-0.4, -0.2) is 0 Å². The maximum Gasteiger partial charge on any atom is 0.134 e. The van der Waals surface area contributed by atoms with E-state index in [1.807, 2.05) is 31.2 Å². The fraction of sp³-hybridized carbons (Fsp3) is 0.0769. The second-order valence-corrected chi connectivity index (χ2v) is 7.44. The van der Waals surface area contributed by atoms with Crippen molar-refractivity contribution in [2.24, 2.45) is 0 Å². The van der Waals surface area contributed by atoms with E-state index in [1.54, 1.807) is 6.07 Å². The zero-order chi connectivity index (χ0) is 22.3. The highest BCUT2D eigenvalue weighted by atomic mass is 19.1. The summed E-state index contributed by atoms with van der Waals surface area (Å²) in [6.07, 6.45) is 0. The predicted octanol–water partition coefficient (Wildman–Crippen LogP) is 8.00. The van der Waals surface area contributed by atoms with E-state index in [-0.39, 0.29) is 22.3 Å². The first-order chi connectivity index (χ1) is 14.7. The van der Waals surface area contributed by atoms with Gasteiger partial charge in [0.25, 0.3) is 0 Å². The molecule has 156 valence electrons. The van der Waals surface area contributed by atoms with Crippen LogP contribution >= 0.6 is 0 Å². The van der Waals surface area contributed by atoms with Crippen molar-refractivity contribution in [1.82, 2.24) is 0 Å². The molecule has 0 N–H and O–H groups in total. The lowest BCUT2D eigenvalue weighted by Crippen LogP contribution is -1.97. The van der Waals surface area contributed by atoms with Crippen molar-refractivity contribution in [3.05, 3.63) is 107 Å². The molecular formula is C26H17F5. The second-order valence-electron chi connectivity index (χ2n) is 7.44. The summed E-state index contributed by atoms with van der Waals surface area (Å²) in [5.41, 5.74) is 1.44. The molecule has 4 aromatic carbocycles. The van der Waals surface area contributed by atoms with Gasteiger partial charge < -0.3 is 0 Å². The monoisotopic (exact) mass is 424 g/mol. The minimum atomic E-state index is -1.04. The molecule has 0 radical (unpaired) electrons. The van der Waals surface area contributed by atoms with Gasteiger partial charge in [0.05, 0.1) is 5.56 Å². The quantitative estimate of drug-likeness (QED) is 0.292. The van der Waals surface area contributed by atoms with Crippen LogP contribution in [-0.2, 0) is 0 Å². The van der Waals surface area contributed by atoms with Crippen LogP contribution in [0.4, 0.5) is 22.0 Å². The summed E-state index contributed by atoms with van der Waals surface area (Å²) < 4.78 is 72.0. The van der Waals surface area contributed by atoms with Gasteiger partial charge in [-0.1, -0.05) is 42.0 Å². The van der Waals surface area contributed by atoms with E-state index in [2.05, 4.69) is 0 Å². The SMILES string of the molecule is Cc1ccc(-c2ccc(-c3cc(F)c(-c4cc(F)c(C)c(F)c4)c(F)c3)c(F)c2)cc1. The summed E-state index contributed by atoms with van der Waals surface area (Å²) in [5.74, 6) is -4.54. The van der Waals surface area contributed by atoms with E-state index in [4.69, 9.17) is 0 Å². The Morgan fingerprint density at radius 3 is 1.48 bits per heavy atom. The molecule has 0 saturated carbocycles. The van der Waals surface area contributed by atoms with Crippen LogP contribution < -0.4 is 0 Å². The molecule has 0 aromatic heterocycles. The third kappa shape index (κ3) is 3.96. The number of aryl methyl sites for hydroxylation is 1. The van der Waals surface area contributed by atoms with Crippen LogP contribution in [0.2, 0.25) is 0 Å². The molecule has 0 nitrogen and oxygen atoms in total. The van der Waals surface area contributed by atoms with E-state index in [9.17, 15) is 22.0 Å². The van der Waals surface area contributed by atoms with Gasteiger partial charge in [-0.15, -0.1) is 0 Å². The van der Waals surface area contributed by atoms with E-state index >= 15 is 0 Å². The highest BCUT2D eigenvalue weighted by Gasteiger charge is 2.18. The van der Waals surface area contributed by atoms with Gasteiger partial charge >= 0.3 is 0 Å². The Balaban J connectivity index is 1.75. The van der Waals surface area contributed by atoms with E-state index in [1.165, 1.54) is 19.1 Å². The Morgan fingerprint density at radius 2 is 0.935 bits per heavy atom. The van der Waals surface area contributed by atoms with Crippen molar-refractivity contribution in [3.63, 3.8) is 0 Å². The molecule has 0 amide bonds. The Bertz CT molecular complexity index is 1240. The van der Waals surface area contributed by atoms with Gasteiger partial charge in [-0.05, 0) is 66.4 Å². The number of rotatable bonds is 3. The maximum absolute atomic E-state index is 14.8. The Morgan fingerprint density at radius 1 is 0.452 bits per heavy atom. The molecule has 4 rings (SSSR count). The zero-order valence-corrected chi connectivity index (χ0v) is 16.7. The average molecular weight is 424 g/mol. The van der Waals surface area contributed by atoms with E-state index in [0.717, 1.165) is 35.4 Å². The summed E-state index contributed by atoms with van der Waals surface area (Å²) in [6, 6.07) is 15.6. The predicted molar refractivity (Wildman–Crippen MR) is 112 cm³/mol. The minimum absolute atomic E-state index is 0.0141. The van der Waals surface area contributed by atoms with Crippen LogP contribution in [0.3, 0.4) is 0 Å². The van der Waals surface area contributed by atoms with Gasteiger partial charge in [0, 0.05) is 11.1 Å². The van der Waals surface area contributed by atoms with Crippen molar-refractivity contribution >= 4 is 0 Å². The Hall–Kier alpha value is -3.47. The number of benzene rings is 4. The average Bonchev–Trinajstić information content (AvgIpc) is 2.72. The molecule has 0 saturated heterocycles. The molecule has 5 heteroatoms.